The molecule has 0 bridgehead atoms. The van der Waals surface area contributed by atoms with Crippen molar-refractivity contribution in [3.05, 3.63) is 63.6 Å². The van der Waals surface area contributed by atoms with Gasteiger partial charge in [-0.15, -0.1) is 0 Å². The lowest BCUT2D eigenvalue weighted by Crippen LogP contribution is -2.23. The van der Waals surface area contributed by atoms with Crippen molar-refractivity contribution in [2.75, 3.05) is 12.3 Å². The zero-order valence-electron chi connectivity index (χ0n) is 12.5. The van der Waals surface area contributed by atoms with Crippen LogP contribution in [0.25, 0.3) is 0 Å². The molecule has 1 aliphatic heterocycles. The van der Waals surface area contributed by atoms with Crippen molar-refractivity contribution < 1.29 is 4.79 Å². The molecule has 2 aromatic carbocycles. The van der Waals surface area contributed by atoms with Crippen molar-refractivity contribution >= 4 is 40.4 Å². The molecule has 1 heterocycles. The Labute approximate surface area is 144 Å². The second-order valence-corrected chi connectivity index (χ2v) is 6.22. The van der Waals surface area contributed by atoms with E-state index in [9.17, 15) is 4.79 Å². The molecule has 0 radical (unpaired) electrons. The van der Waals surface area contributed by atoms with Crippen LogP contribution in [-0.2, 0) is 4.79 Å². The van der Waals surface area contributed by atoms with Gasteiger partial charge in [0.05, 0.1) is 6.04 Å². The summed E-state index contributed by atoms with van der Waals surface area (Å²) in [5.41, 5.74) is 8.22. The number of carbonyl (C=O) groups excluding carboxylic acids is 1. The SMILES string of the molecule is CC(c1c(Cl)cc(N)cc1Cl)N1CC(=O)C(c2ccccc2)=N1. The number of hydrazone groups is 1. The van der Waals surface area contributed by atoms with E-state index in [2.05, 4.69) is 5.10 Å². The lowest BCUT2D eigenvalue weighted by Gasteiger charge is -2.24. The predicted octanol–water partition coefficient (Wildman–Crippen LogP) is 3.93. The van der Waals surface area contributed by atoms with Gasteiger partial charge in [-0.1, -0.05) is 53.5 Å². The van der Waals surface area contributed by atoms with Crippen LogP contribution in [0.5, 0.6) is 0 Å². The molecular formula is C17H15Cl2N3O. The van der Waals surface area contributed by atoms with Crippen LogP contribution in [0.4, 0.5) is 5.69 Å². The molecule has 2 N–H and O–H groups in total. The summed E-state index contributed by atoms with van der Waals surface area (Å²) in [6.45, 7) is 2.11. The van der Waals surface area contributed by atoms with E-state index >= 15 is 0 Å². The second kappa shape index (κ2) is 6.22. The minimum absolute atomic E-state index is 0.0225. The van der Waals surface area contributed by atoms with Crippen molar-refractivity contribution in [2.24, 2.45) is 5.10 Å². The normalized spacial score (nSPS) is 15.7. The molecule has 4 nitrogen and oxygen atoms in total. The van der Waals surface area contributed by atoms with Crippen LogP contribution in [0.2, 0.25) is 10.0 Å². The van der Waals surface area contributed by atoms with Crippen LogP contribution in [0.3, 0.4) is 0 Å². The van der Waals surface area contributed by atoms with Gasteiger partial charge in [0.15, 0.2) is 0 Å². The average molecular weight is 348 g/mol. The summed E-state index contributed by atoms with van der Waals surface area (Å²) < 4.78 is 0. The number of nitrogens with two attached hydrogens (primary N) is 1. The maximum absolute atomic E-state index is 12.3. The van der Waals surface area contributed by atoms with E-state index < -0.39 is 0 Å². The summed E-state index contributed by atoms with van der Waals surface area (Å²) in [7, 11) is 0. The van der Waals surface area contributed by atoms with Crippen LogP contribution < -0.4 is 5.73 Å². The molecule has 1 unspecified atom stereocenters. The Morgan fingerprint density at radius 3 is 2.39 bits per heavy atom. The summed E-state index contributed by atoms with van der Waals surface area (Å²) in [4.78, 5) is 12.3. The lowest BCUT2D eigenvalue weighted by molar-refractivity contribution is -0.113. The van der Waals surface area contributed by atoms with Gasteiger partial charge in [-0.3, -0.25) is 9.80 Å². The zero-order valence-corrected chi connectivity index (χ0v) is 14.0. The molecule has 2 aromatic rings. The number of ketones is 1. The predicted molar refractivity (Wildman–Crippen MR) is 94.0 cm³/mol. The first-order valence-corrected chi connectivity index (χ1v) is 7.91. The second-order valence-electron chi connectivity index (χ2n) is 5.41. The molecule has 0 aliphatic carbocycles. The molecule has 6 heteroatoms. The largest absolute Gasteiger partial charge is 0.399 e. The van der Waals surface area contributed by atoms with E-state index in [1.807, 2.05) is 37.3 Å². The van der Waals surface area contributed by atoms with E-state index in [0.717, 1.165) is 5.56 Å². The summed E-state index contributed by atoms with van der Waals surface area (Å²) in [5, 5.41) is 7.12. The van der Waals surface area contributed by atoms with E-state index in [0.29, 0.717) is 27.0 Å². The smallest absolute Gasteiger partial charge is 0.204 e. The molecule has 118 valence electrons. The number of nitrogen functional groups attached to an aromatic ring is 1. The highest BCUT2D eigenvalue weighted by Crippen LogP contribution is 2.36. The van der Waals surface area contributed by atoms with Crippen molar-refractivity contribution in [1.29, 1.82) is 0 Å². The van der Waals surface area contributed by atoms with E-state index in [1.165, 1.54) is 0 Å². The standard InChI is InChI=1S/C17H15Cl2N3O/c1-10(16-13(18)7-12(20)8-14(16)19)22-9-15(23)17(21-22)11-5-3-2-4-6-11/h2-8,10H,9,20H2,1H3. The van der Waals surface area contributed by atoms with Crippen LogP contribution >= 0.6 is 23.2 Å². The summed E-state index contributed by atoms with van der Waals surface area (Å²) in [6.07, 6.45) is 0. The Morgan fingerprint density at radius 2 is 1.78 bits per heavy atom. The molecular weight excluding hydrogens is 333 g/mol. The maximum atomic E-state index is 12.3. The van der Waals surface area contributed by atoms with Crippen molar-refractivity contribution in [1.82, 2.24) is 5.01 Å². The third-order valence-electron chi connectivity index (χ3n) is 3.81. The first-order valence-electron chi connectivity index (χ1n) is 7.15. The van der Waals surface area contributed by atoms with Gasteiger partial charge in [-0.25, -0.2) is 0 Å². The van der Waals surface area contributed by atoms with Crippen molar-refractivity contribution in [3.63, 3.8) is 0 Å². The zero-order chi connectivity index (χ0) is 16.6. The van der Waals surface area contributed by atoms with Gasteiger partial charge in [-0.05, 0) is 19.1 Å². The van der Waals surface area contributed by atoms with E-state index in [1.54, 1.807) is 17.1 Å². The van der Waals surface area contributed by atoms with Gasteiger partial charge >= 0.3 is 0 Å². The summed E-state index contributed by atoms with van der Waals surface area (Å²) in [6, 6.07) is 12.5. The number of halogens is 2. The van der Waals surface area contributed by atoms with Crippen LogP contribution in [-0.4, -0.2) is 23.0 Å². The number of carbonyl (C=O) groups is 1. The summed E-state index contributed by atoms with van der Waals surface area (Å²) >= 11 is 12.5. The van der Waals surface area contributed by atoms with Crippen LogP contribution in [0, 0.1) is 0 Å². The molecule has 3 rings (SSSR count). The van der Waals surface area contributed by atoms with Crippen LogP contribution in [0.15, 0.2) is 47.6 Å². The first-order chi connectivity index (χ1) is 11.0. The van der Waals surface area contributed by atoms with Gasteiger partial charge < -0.3 is 5.73 Å². The minimum Gasteiger partial charge on any atom is -0.399 e. The van der Waals surface area contributed by atoms with Crippen molar-refractivity contribution in [3.8, 4) is 0 Å². The molecule has 23 heavy (non-hydrogen) atoms. The molecule has 1 aliphatic rings. The summed E-state index contributed by atoms with van der Waals surface area (Å²) in [5.74, 6) is -0.0225. The fourth-order valence-electron chi connectivity index (χ4n) is 2.63. The Kier molecular flexibility index (Phi) is 4.28. The fourth-order valence-corrected chi connectivity index (χ4v) is 3.45. The number of benzene rings is 2. The number of anilines is 1. The molecule has 0 aromatic heterocycles. The highest BCUT2D eigenvalue weighted by Gasteiger charge is 2.30. The van der Waals surface area contributed by atoms with Gasteiger partial charge in [0, 0.05) is 26.9 Å². The molecule has 0 fully saturated rings. The monoisotopic (exact) mass is 347 g/mol. The van der Waals surface area contributed by atoms with Gasteiger partial charge in [0.1, 0.15) is 12.3 Å². The number of rotatable bonds is 3. The number of Topliss-reactive ketones (excluding diaryl/α,β-unsaturated/α-hetero) is 1. The Hall–Kier alpha value is -2.04. The molecule has 0 spiro atoms. The third-order valence-corrected chi connectivity index (χ3v) is 4.44. The maximum Gasteiger partial charge on any atom is 0.204 e. The highest BCUT2D eigenvalue weighted by molar-refractivity contribution is 6.47. The number of hydrogen-bond donors (Lipinski definition) is 1. The van der Waals surface area contributed by atoms with Gasteiger partial charge in [0.25, 0.3) is 0 Å². The van der Waals surface area contributed by atoms with Crippen molar-refractivity contribution in [2.45, 2.75) is 13.0 Å². The minimum atomic E-state index is -0.235. The molecule has 0 saturated heterocycles. The topological polar surface area (TPSA) is 58.7 Å². The van der Waals surface area contributed by atoms with E-state index in [-0.39, 0.29) is 18.4 Å². The third kappa shape index (κ3) is 3.05. The Morgan fingerprint density at radius 1 is 1.17 bits per heavy atom. The number of hydrogen-bond acceptors (Lipinski definition) is 4. The van der Waals surface area contributed by atoms with Crippen LogP contribution in [0.1, 0.15) is 24.1 Å². The molecule has 0 amide bonds. The lowest BCUT2D eigenvalue weighted by atomic mass is 10.1. The quantitative estimate of drug-likeness (QED) is 0.855. The first kappa shape index (κ1) is 15.8. The average Bonchev–Trinajstić information content (AvgIpc) is 2.89. The van der Waals surface area contributed by atoms with E-state index in [4.69, 9.17) is 28.9 Å². The Balaban J connectivity index is 1.94. The molecule has 1 atom stereocenters. The van der Waals surface area contributed by atoms with Gasteiger partial charge in [0.2, 0.25) is 5.78 Å². The molecule has 0 saturated carbocycles. The van der Waals surface area contributed by atoms with Gasteiger partial charge in [-0.2, -0.15) is 5.10 Å². The number of nitrogens with zero attached hydrogens (tertiary/aromatic N) is 2. The Bertz CT molecular complexity index is 767. The highest BCUT2D eigenvalue weighted by atomic mass is 35.5. The fraction of sp³-hybridized carbons (Fsp3) is 0.176.